The van der Waals surface area contributed by atoms with Gasteiger partial charge in [-0.3, -0.25) is 0 Å². The summed E-state index contributed by atoms with van der Waals surface area (Å²) in [5.74, 6) is 1.60. The molecule has 0 N–H and O–H groups in total. The van der Waals surface area contributed by atoms with Gasteiger partial charge < -0.3 is 4.90 Å². The molecule has 0 radical (unpaired) electrons. The number of hydrogen-bond acceptors (Lipinski definition) is 3. The molecule has 1 heterocycles. The van der Waals surface area contributed by atoms with Crippen LogP contribution in [0.2, 0.25) is 0 Å². The highest BCUT2D eigenvalue weighted by Crippen LogP contribution is 2.36. The normalized spacial score (nSPS) is 16.6. The molecule has 0 spiro atoms. The van der Waals surface area contributed by atoms with Crippen LogP contribution in [0.5, 0.6) is 0 Å². The van der Waals surface area contributed by atoms with E-state index in [4.69, 9.17) is 5.26 Å². The van der Waals surface area contributed by atoms with Crippen LogP contribution < -0.4 is 4.90 Å². The Kier molecular flexibility index (Phi) is 2.82. The molecule has 0 amide bonds. The van der Waals surface area contributed by atoms with Crippen molar-refractivity contribution >= 4 is 5.82 Å². The first-order chi connectivity index (χ1) is 7.65. The Morgan fingerprint density at radius 2 is 2.25 bits per heavy atom. The van der Waals surface area contributed by atoms with Gasteiger partial charge >= 0.3 is 0 Å². The number of pyridine rings is 1. The van der Waals surface area contributed by atoms with Gasteiger partial charge in [0.2, 0.25) is 0 Å². The third kappa shape index (κ3) is 1.88. The molecule has 1 aliphatic carbocycles. The molecule has 1 atom stereocenters. The van der Waals surface area contributed by atoms with Crippen LogP contribution in [0.4, 0.5) is 5.82 Å². The zero-order valence-electron chi connectivity index (χ0n) is 10.1. The van der Waals surface area contributed by atoms with Crippen LogP contribution in [0.1, 0.15) is 30.9 Å². The van der Waals surface area contributed by atoms with E-state index < -0.39 is 0 Å². The molecule has 3 heteroatoms. The van der Waals surface area contributed by atoms with Crippen LogP contribution in [0, 0.1) is 24.2 Å². The molecule has 2 rings (SSSR count). The van der Waals surface area contributed by atoms with Crippen molar-refractivity contribution in [3.05, 3.63) is 23.4 Å². The van der Waals surface area contributed by atoms with Gasteiger partial charge in [0.25, 0.3) is 0 Å². The maximum absolute atomic E-state index is 9.17. The Morgan fingerprint density at radius 1 is 1.56 bits per heavy atom. The first kappa shape index (κ1) is 10.9. The van der Waals surface area contributed by atoms with Gasteiger partial charge in [0, 0.05) is 19.3 Å². The summed E-state index contributed by atoms with van der Waals surface area (Å²) in [5, 5.41) is 9.17. The lowest BCUT2D eigenvalue weighted by atomic mass is 10.1. The molecule has 1 aromatic heterocycles. The molecule has 0 saturated heterocycles. The van der Waals surface area contributed by atoms with Gasteiger partial charge in [-0.25, -0.2) is 4.98 Å². The Labute approximate surface area is 96.7 Å². The van der Waals surface area contributed by atoms with Crippen molar-refractivity contribution < 1.29 is 0 Å². The summed E-state index contributed by atoms with van der Waals surface area (Å²) < 4.78 is 0. The van der Waals surface area contributed by atoms with Gasteiger partial charge in [-0.1, -0.05) is 0 Å². The highest BCUT2D eigenvalue weighted by Gasteiger charge is 2.31. The van der Waals surface area contributed by atoms with E-state index in [1.165, 1.54) is 12.8 Å². The van der Waals surface area contributed by atoms with Crippen molar-refractivity contribution in [3.8, 4) is 6.07 Å². The third-order valence-electron chi connectivity index (χ3n) is 3.50. The number of hydrogen-bond donors (Lipinski definition) is 0. The highest BCUT2D eigenvalue weighted by molar-refractivity contribution is 5.57. The van der Waals surface area contributed by atoms with E-state index in [9.17, 15) is 0 Å². The second kappa shape index (κ2) is 4.13. The fourth-order valence-electron chi connectivity index (χ4n) is 2.04. The molecule has 1 saturated carbocycles. The van der Waals surface area contributed by atoms with Crippen LogP contribution >= 0.6 is 0 Å². The van der Waals surface area contributed by atoms with Crippen molar-refractivity contribution in [2.45, 2.75) is 32.7 Å². The molecular formula is C13H17N3. The molecule has 1 aromatic rings. The number of nitriles is 1. The summed E-state index contributed by atoms with van der Waals surface area (Å²) in [6, 6.07) is 4.61. The molecule has 1 aliphatic rings. The molecule has 0 aliphatic heterocycles. The van der Waals surface area contributed by atoms with Crippen LogP contribution in [0.15, 0.2) is 12.3 Å². The topological polar surface area (TPSA) is 39.9 Å². The highest BCUT2D eigenvalue weighted by atomic mass is 15.2. The lowest BCUT2D eigenvalue weighted by Crippen LogP contribution is -2.32. The van der Waals surface area contributed by atoms with Crippen LogP contribution in [0.25, 0.3) is 0 Å². The maximum atomic E-state index is 9.17. The van der Waals surface area contributed by atoms with Gasteiger partial charge in [-0.2, -0.15) is 5.26 Å². The quantitative estimate of drug-likeness (QED) is 0.777. The SMILES string of the molecule is Cc1ccnc(N(C)C(C)C2CC2)c1C#N. The molecule has 84 valence electrons. The minimum absolute atomic E-state index is 0.474. The first-order valence-corrected chi connectivity index (χ1v) is 5.73. The molecule has 3 nitrogen and oxygen atoms in total. The van der Waals surface area contributed by atoms with Crippen molar-refractivity contribution in [3.63, 3.8) is 0 Å². The lowest BCUT2D eigenvalue weighted by Gasteiger charge is -2.27. The van der Waals surface area contributed by atoms with Crippen LogP contribution in [-0.2, 0) is 0 Å². The smallest absolute Gasteiger partial charge is 0.146 e. The zero-order chi connectivity index (χ0) is 11.7. The molecule has 1 unspecified atom stereocenters. The van der Waals surface area contributed by atoms with E-state index in [1.54, 1.807) is 6.20 Å². The predicted molar refractivity (Wildman–Crippen MR) is 64.3 cm³/mol. The standard InChI is InChI=1S/C13H17N3/c1-9-6-7-15-13(12(9)8-14)16(3)10(2)11-4-5-11/h6-7,10-11H,4-5H2,1-3H3. The number of nitrogens with zero attached hydrogens (tertiary/aromatic N) is 3. The average molecular weight is 215 g/mol. The van der Waals surface area contributed by atoms with Crippen LogP contribution in [0.3, 0.4) is 0 Å². The van der Waals surface area contributed by atoms with Gasteiger partial charge in [-0.15, -0.1) is 0 Å². The summed E-state index contributed by atoms with van der Waals surface area (Å²) in [6.45, 7) is 4.17. The lowest BCUT2D eigenvalue weighted by molar-refractivity contribution is 0.603. The van der Waals surface area contributed by atoms with E-state index in [0.717, 1.165) is 17.3 Å². The summed E-state index contributed by atoms with van der Waals surface area (Å²) >= 11 is 0. The summed E-state index contributed by atoms with van der Waals surface area (Å²) in [6.07, 6.45) is 4.39. The Balaban J connectivity index is 2.32. The molecular weight excluding hydrogens is 198 g/mol. The van der Waals surface area contributed by atoms with Crippen molar-refractivity contribution in [1.29, 1.82) is 5.26 Å². The number of anilines is 1. The molecule has 16 heavy (non-hydrogen) atoms. The first-order valence-electron chi connectivity index (χ1n) is 5.73. The van der Waals surface area contributed by atoms with E-state index in [2.05, 4.69) is 22.9 Å². The third-order valence-corrected chi connectivity index (χ3v) is 3.50. The van der Waals surface area contributed by atoms with Crippen molar-refractivity contribution in [2.75, 3.05) is 11.9 Å². The average Bonchev–Trinajstić information content (AvgIpc) is 3.10. The minimum Gasteiger partial charge on any atom is -0.356 e. The molecule has 1 fully saturated rings. The van der Waals surface area contributed by atoms with Crippen LogP contribution in [-0.4, -0.2) is 18.1 Å². The van der Waals surface area contributed by atoms with Crippen molar-refractivity contribution in [1.82, 2.24) is 4.98 Å². The second-order valence-electron chi connectivity index (χ2n) is 4.63. The van der Waals surface area contributed by atoms with Crippen molar-refractivity contribution in [2.24, 2.45) is 5.92 Å². The van der Waals surface area contributed by atoms with Gasteiger partial charge in [0.05, 0.1) is 5.56 Å². The summed E-state index contributed by atoms with van der Waals surface area (Å²) in [5.41, 5.74) is 1.71. The number of aromatic nitrogens is 1. The van der Waals surface area contributed by atoms with E-state index in [-0.39, 0.29) is 0 Å². The number of rotatable bonds is 3. The minimum atomic E-state index is 0.474. The fourth-order valence-corrected chi connectivity index (χ4v) is 2.04. The molecule has 0 bridgehead atoms. The Hall–Kier alpha value is -1.56. The monoisotopic (exact) mass is 215 g/mol. The van der Waals surface area contributed by atoms with Gasteiger partial charge in [0.1, 0.15) is 11.9 Å². The summed E-state index contributed by atoms with van der Waals surface area (Å²) in [4.78, 5) is 6.49. The number of aryl methyl sites for hydroxylation is 1. The summed E-state index contributed by atoms with van der Waals surface area (Å²) in [7, 11) is 2.03. The zero-order valence-corrected chi connectivity index (χ0v) is 10.1. The van der Waals surface area contributed by atoms with Gasteiger partial charge in [0.15, 0.2) is 0 Å². The fraction of sp³-hybridized carbons (Fsp3) is 0.538. The van der Waals surface area contributed by atoms with E-state index in [1.807, 2.05) is 20.0 Å². The van der Waals surface area contributed by atoms with E-state index >= 15 is 0 Å². The molecule has 0 aromatic carbocycles. The Bertz CT molecular complexity index is 429. The van der Waals surface area contributed by atoms with E-state index in [0.29, 0.717) is 11.6 Å². The second-order valence-corrected chi connectivity index (χ2v) is 4.63. The van der Waals surface area contributed by atoms with Gasteiger partial charge in [-0.05, 0) is 44.2 Å². The Morgan fingerprint density at radius 3 is 2.81 bits per heavy atom. The predicted octanol–water partition coefficient (Wildman–Crippen LogP) is 2.50. The largest absolute Gasteiger partial charge is 0.356 e. The maximum Gasteiger partial charge on any atom is 0.146 e.